The van der Waals surface area contributed by atoms with E-state index in [0.29, 0.717) is 12.8 Å². The minimum Gasteiger partial charge on any atom is -0.273 e. The Morgan fingerprint density at radius 3 is 1.52 bits per heavy atom. The number of nitrogens with one attached hydrogen (secondary N) is 2. The molecule has 0 atom stereocenters. The maximum atomic E-state index is 11.4. The molecule has 23 heavy (non-hydrogen) atoms. The van der Waals surface area contributed by atoms with Crippen LogP contribution in [0.1, 0.15) is 84.5 Å². The lowest BCUT2D eigenvalue weighted by Gasteiger charge is -2.02. The van der Waals surface area contributed by atoms with E-state index in [9.17, 15) is 9.59 Å². The molecule has 2 N–H and O–H groups in total. The molecule has 0 aliphatic carbocycles. The SMILES string of the molecule is CCC/C=N/NC(=O)CCCCCCCC(=O)N/N=C/CCC. The summed E-state index contributed by atoms with van der Waals surface area (Å²) >= 11 is 0. The van der Waals surface area contributed by atoms with E-state index in [4.69, 9.17) is 0 Å². The smallest absolute Gasteiger partial charge is 0.240 e. The van der Waals surface area contributed by atoms with E-state index in [1.807, 2.05) is 0 Å². The van der Waals surface area contributed by atoms with E-state index in [1.54, 1.807) is 12.4 Å². The lowest BCUT2D eigenvalue weighted by atomic mass is 10.1. The van der Waals surface area contributed by atoms with E-state index in [-0.39, 0.29) is 11.8 Å². The second kappa shape index (κ2) is 16.6. The highest BCUT2D eigenvalue weighted by atomic mass is 16.2. The van der Waals surface area contributed by atoms with Crippen molar-refractivity contribution in [2.24, 2.45) is 10.2 Å². The fraction of sp³-hybridized carbons (Fsp3) is 0.765. The van der Waals surface area contributed by atoms with E-state index < -0.39 is 0 Å². The normalized spacial score (nSPS) is 11.2. The van der Waals surface area contributed by atoms with Crippen molar-refractivity contribution in [3.05, 3.63) is 0 Å². The first-order valence-corrected chi connectivity index (χ1v) is 8.81. The van der Waals surface area contributed by atoms with Crippen molar-refractivity contribution in [1.29, 1.82) is 0 Å². The standard InChI is InChI=1S/C17H32N4O2/c1-3-5-14-18-20-16(22)12-10-8-7-9-11-13-17(23)21-19-15-6-4-2/h14-15H,3-13H2,1-2H3,(H,20,22)(H,21,23)/b18-14+,19-15+. The van der Waals surface area contributed by atoms with Crippen LogP contribution in [0.2, 0.25) is 0 Å². The van der Waals surface area contributed by atoms with Gasteiger partial charge in [0.25, 0.3) is 0 Å². The van der Waals surface area contributed by atoms with E-state index in [0.717, 1.165) is 57.8 Å². The first kappa shape index (κ1) is 21.3. The molecule has 0 rings (SSSR count). The molecule has 2 amide bonds. The first-order valence-electron chi connectivity index (χ1n) is 8.81. The third-order valence-electron chi connectivity index (χ3n) is 3.20. The number of hydrogen-bond donors (Lipinski definition) is 2. The Kier molecular flexibility index (Phi) is 15.4. The Labute approximate surface area is 140 Å². The lowest BCUT2D eigenvalue weighted by Crippen LogP contribution is -2.17. The first-order chi connectivity index (χ1) is 11.2. The van der Waals surface area contributed by atoms with Crippen molar-refractivity contribution in [3.63, 3.8) is 0 Å². The van der Waals surface area contributed by atoms with Gasteiger partial charge < -0.3 is 0 Å². The molecule has 0 aromatic heterocycles. The second-order valence-electron chi connectivity index (χ2n) is 5.54. The summed E-state index contributed by atoms with van der Waals surface area (Å²) in [4.78, 5) is 22.9. The summed E-state index contributed by atoms with van der Waals surface area (Å²) in [5.74, 6) is -0.0525. The number of carbonyl (C=O) groups excluding carboxylic acids is 2. The van der Waals surface area contributed by atoms with Crippen molar-refractivity contribution in [3.8, 4) is 0 Å². The number of hydrazone groups is 2. The quantitative estimate of drug-likeness (QED) is 0.291. The summed E-state index contributed by atoms with van der Waals surface area (Å²) in [6.07, 6.45) is 13.1. The van der Waals surface area contributed by atoms with Crippen molar-refractivity contribution < 1.29 is 9.59 Å². The van der Waals surface area contributed by atoms with Gasteiger partial charge in [0, 0.05) is 25.3 Å². The van der Waals surface area contributed by atoms with Crippen LogP contribution in [-0.2, 0) is 9.59 Å². The molecule has 0 saturated heterocycles. The maximum Gasteiger partial charge on any atom is 0.240 e. The molecule has 0 saturated carbocycles. The maximum absolute atomic E-state index is 11.4. The fourth-order valence-corrected chi connectivity index (χ4v) is 1.84. The summed E-state index contributed by atoms with van der Waals surface area (Å²) in [5, 5.41) is 7.73. The number of nitrogens with zero attached hydrogens (tertiary/aromatic N) is 2. The van der Waals surface area contributed by atoms with Crippen molar-refractivity contribution in [2.75, 3.05) is 0 Å². The molecule has 0 aromatic carbocycles. The summed E-state index contributed by atoms with van der Waals surface area (Å²) in [5.41, 5.74) is 5.05. The predicted octanol–water partition coefficient (Wildman–Crippen LogP) is 3.52. The minimum atomic E-state index is -0.0262. The third kappa shape index (κ3) is 16.5. The average molecular weight is 324 g/mol. The molecule has 6 nitrogen and oxygen atoms in total. The molecule has 0 bridgehead atoms. The van der Waals surface area contributed by atoms with E-state index in [1.165, 1.54) is 0 Å². The van der Waals surface area contributed by atoms with Crippen LogP contribution in [0, 0.1) is 0 Å². The number of carbonyl (C=O) groups is 2. The molecule has 0 spiro atoms. The zero-order valence-corrected chi connectivity index (χ0v) is 14.6. The van der Waals surface area contributed by atoms with Gasteiger partial charge in [-0.25, -0.2) is 10.9 Å². The molecular formula is C17H32N4O2. The van der Waals surface area contributed by atoms with Crippen LogP contribution in [0.25, 0.3) is 0 Å². The summed E-state index contributed by atoms with van der Waals surface area (Å²) < 4.78 is 0. The van der Waals surface area contributed by atoms with Gasteiger partial charge in [0.05, 0.1) is 0 Å². The highest BCUT2D eigenvalue weighted by Crippen LogP contribution is 2.07. The molecule has 0 heterocycles. The summed E-state index contributed by atoms with van der Waals surface area (Å²) in [6, 6.07) is 0. The Morgan fingerprint density at radius 1 is 0.739 bits per heavy atom. The number of rotatable bonds is 14. The van der Waals surface area contributed by atoms with Gasteiger partial charge in [0.1, 0.15) is 0 Å². The van der Waals surface area contributed by atoms with Crippen LogP contribution >= 0.6 is 0 Å². The average Bonchev–Trinajstić information content (AvgIpc) is 2.54. The molecule has 132 valence electrons. The summed E-state index contributed by atoms with van der Waals surface area (Å²) in [7, 11) is 0. The number of unbranched alkanes of at least 4 members (excludes halogenated alkanes) is 6. The summed E-state index contributed by atoms with van der Waals surface area (Å²) in [6.45, 7) is 4.13. The third-order valence-corrected chi connectivity index (χ3v) is 3.20. The van der Waals surface area contributed by atoms with E-state index >= 15 is 0 Å². The van der Waals surface area contributed by atoms with Crippen LogP contribution in [0.15, 0.2) is 10.2 Å². The minimum absolute atomic E-state index is 0.0262. The van der Waals surface area contributed by atoms with Gasteiger partial charge in [-0.1, -0.05) is 46.0 Å². The molecule has 0 aliphatic heterocycles. The Morgan fingerprint density at radius 2 is 1.13 bits per heavy atom. The molecule has 0 aliphatic rings. The predicted molar refractivity (Wildman–Crippen MR) is 95.4 cm³/mol. The molecule has 0 aromatic rings. The van der Waals surface area contributed by atoms with Gasteiger partial charge in [-0.2, -0.15) is 10.2 Å². The monoisotopic (exact) mass is 324 g/mol. The van der Waals surface area contributed by atoms with Crippen LogP contribution in [-0.4, -0.2) is 24.2 Å². The lowest BCUT2D eigenvalue weighted by molar-refractivity contribution is -0.121. The number of amides is 2. The van der Waals surface area contributed by atoms with Crippen molar-refractivity contribution >= 4 is 24.2 Å². The van der Waals surface area contributed by atoms with Gasteiger partial charge in [-0.3, -0.25) is 9.59 Å². The highest BCUT2D eigenvalue weighted by Gasteiger charge is 2.01. The second-order valence-corrected chi connectivity index (χ2v) is 5.54. The van der Waals surface area contributed by atoms with E-state index in [2.05, 4.69) is 34.9 Å². The highest BCUT2D eigenvalue weighted by molar-refractivity contribution is 5.77. The van der Waals surface area contributed by atoms with Gasteiger partial charge in [-0.15, -0.1) is 0 Å². The number of hydrogen-bond acceptors (Lipinski definition) is 4. The van der Waals surface area contributed by atoms with Gasteiger partial charge in [-0.05, 0) is 25.7 Å². The zero-order chi connectivity index (χ0) is 17.2. The van der Waals surface area contributed by atoms with Crippen LogP contribution in [0.3, 0.4) is 0 Å². The topological polar surface area (TPSA) is 82.9 Å². The molecule has 0 fully saturated rings. The molecule has 6 heteroatoms. The zero-order valence-electron chi connectivity index (χ0n) is 14.6. The fourth-order valence-electron chi connectivity index (χ4n) is 1.84. The van der Waals surface area contributed by atoms with Crippen LogP contribution in [0.5, 0.6) is 0 Å². The van der Waals surface area contributed by atoms with Crippen LogP contribution in [0.4, 0.5) is 0 Å². The molecule has 0 unspecified atom stereocenters. The largest absolute Gasteiger partial charge is 0.273 e. The van der Waals surface area contributed by atoms with Crippen LogP contribution < -0.4 is 10.9 Å². The van der Waals surface area contributed by atoms with Crippen molar-refractivity contribution in [2.45, 2.75) is 84.5 Å². The Balaban J connectivity index is 3.38. The Bertz CT molecular complexity index is 334. The van der Waals surface area contributed by atoms with Gasteiger partial charge in [0.15, 0.2) is 0 Å². The van der Waals surface area contributed by atoms with Gasteiger partial charge >= 0.3 is 0 Å². The van der Waals surface area contributed by atoms with Crippen molar-refractivity contribution in [1.82, 2.24) is 10.9 Å². The van der Waals surface area contributed by atoms with Gasteiger partial charge in [0.2, 0.25) is 11.8 Å². The Hall–Kier alpha value is -1.72. The molecule has 0 radical (unpaired) electrons. The molecular weight excluding hydrogens is 292 g/mol.